The van der Waals surface area contributed by atoms with E-state index < -0.39 is 13.6 Å². The summed E-state index contributed by atoms with van der Waals surface area (Å²) in [6.45, 7) is 0. The summed E-state index contributed by atoms with van der Waals surface area (Å²) in [6.07, 6.45) is 0. The van der Waals surface area contributed by atoms with Crippen LogP contribution in [-0.2, 0) is 4.57 Å². The van der Waals surface area contributed by atoms with Gasteiger partial charge in [-0.15, -0.1) is 0 Å². The second-order valence-corrected chi connectivity index (χ2v) is 8.15. The van der Waals surface area contributed by atoms with Crippen molar-refractivity contribution < 1.29 is 76.5 Å². The minimum absolute atomic E-state index is 0. The Balaban J connectivity index is 0.00000456. The Morgan fingerprint density at radius 3 is 1.64 bits per heavy atom. The van der Waals surface area contributed by atoms with Gasteiger partial charge in [-0.25, -0.2) is 4.57 Å². The van der Waals surface area contributed by atoms with Gasteiger partial charge in [-0.2, -0.15) is 0 Å². The number of hydrogen-bond donors (Lipinski definition) is 0. The Morgan fingerprint density at radius 2 is 1.19 bits per heavy atom. The largest absolute Gasteiger partial charge is 1.00 e. The number of para-hydroxylation sites is 1. The van der Waals surface area contributed by atoms with Gasteiger partial charge in [0.25, 0.3) is 0 Å². The van der Waals surface area contributed by atoms with Crippen LogP contribution in [-0.4, -0.2) is 41.3 Å². The van der Waals surface area contributed by atoms with Gasteiger partial charge < -0.3 is 37.6 Å². The van der Waals surface area contributed by atoms with Gasteiger partial charge in [-0.1, -0.05) is 18.2 Å². The van der Waals surface area contributed by atoms with Crippen LogP contribution in [0.5, 0.6) is 40.2 Å². The van der Waals surface area contributed by atoms with Crippen molar-refractivity contribution in [3.8, 4) is 40.2 Å². The second-order valence-electron chi connectivity index (χ2n) is 6.89. The van der Waals surface area contributed by atoms with Gasteiger partial charge in [-0.05, 0) is 24.3 Å². The van der Waals surface area contributed by atoms with Gasteiger partial charge in [0, 0.05) is 17.7 Å². The smallest absolute Gasteiger partial charge is 0.736 e. The van der Waals surface area contributed by atoms with Crippen LogP contribution in [0.2, 0.25) is 0 Å². The third kappa shape index (κ3) is 6.66. The minimum atomic E-state index is -4.90. The molecule has 0 aliphatic carbocycles. The Kier molecular flexibility index (Phi) is 10.5. The third-order valence-corrected chi connectivity index (χ3v) is 5.67. The van der Waals surface area contributed by atoms with E-state index in [2.05, 4.69) is 0 Å². The Hall–Kier alpha value is -2.88. The van der Waals surface area contributed by atoms with Crippen molar-refractivity contribution in [2.24, 2.45) is 0 Å². The quantitative estimate of drug-likeness (QED) is 0.202. The Labute approximate surface area is 230 Å². The van der Waals surface area contributed by atoms with E-state index in [1.54, 1.807) is 18.2 Å². The zero-order valence-electron chi connectivity index (χ0n) is 20.7. The number of phosphoric acid groups is 1. The molecule has 0 aliphatic heterocycles. The maximum atomic E-state index is 13.5. The fraction of sp³-hybridized carbons (Fsp3) is 0.208. The number of hydrogen-bond acceptors (Lipinski definition) is 10. The molecule has 3 rings (SSSR count). The number of ketones is 1. The van der Waals surface area contributed by atoms with Gasteiger partial charge in [0.2, 0.25) is 11.5 Å². The number of ether oxygens (including phenoxy) is 5. The molecule has 1 atom stereocenters. The van der Waals surface area contributed by atoms with Gasteiger partial charge >= 0.3 is 37.4 Å². The maximum Gasteiger partial charge on any atom is 1.00 e. The first-order chi connectivity index (χ1) is 16.8. The number of phosphoric ester groups is 1. The van der Waals surface area contributed by atoms with Crippen molar-refractivity contribution in [2.75, 3.05) is 35.5 Å². The van der Waals surface area contributed by atoms with E-state index in [1.165, 1.54) is 71.9 Å². The first-order valence-electron chi connectivity index (χ1n) is 10.1. The van der Waals surface area contributed by atoms with E-state index in [9.17, 15) is 14.3 Å². The summed E-state index contributed by atoms with van der Waals surface area (Å²) in [4.78, 5) is 26.0. The van der Waals surface area contributed by atoms with Crippen molar-refractivity contribution in [3.63, 3.8) is 0 Å². The monoisotopic (exact) mass is 526 g/mol. The second kappa shape index (κ2) is 12.9. The summed E-state index contributed by atoms with van der Waals surface area (Å²) in [5.41, 5.74) is 0.216. The fourth-order valence-corrected chi connectivity index (χ4v) is 4.04. The minimum Gasteiger partial charge on any atom is -0.736 e. The molecule has 0 spiro atoms. The van der Waals surface area contributed by atoms with Gasteiger partial charge in [0.05, 0.1) is 35.5 Å². The summed E-state index contributed by atoms with van der Waals surface area (Å²) < 4.78 is 49.3. The van der Waals surface area contributed by atoms with Crippen molar-refractivity contribution in [3.05, 3.63) is 65.7 Å². The summed E-state index contributed by atoms with van der Waals surface area (Å²) in [6, 6.07) is 13.5. The number of benzene rings is 3. The topological polar surface area (TPSA) is 122 Å². The van der Waals surface area contributed by atoms with Crippen molar-refractivity contribution >= 4 is 13.6 Å². The molecule has 10 nitrogen and oxygen atoms in total. The molecule has 0 aliphatic rings. The van der Waals surface area contributed by atoms with Crippen LogP contribution in [0.3, 0.4) is 0 Å². The fourth-order valence-electron chi connectivity index (χ4n) is 3.22. The normalized spacial score (nSPS) is 11.8. The molecule has 0 N–H and O–H groups in total. The van der Waals surface area contributed by atoms with Crippen LogP contribution in [0.4, 0.5) is 0 Å². The first-order valence-corrected chi connectivity index (χ1v) is 11.6. The zero-order valence-corrected chi connectivity index (χ0v) is 23.6. The molecular weight excluding hydrogens is 502 g/mol. The summed E-state index contributed by atoms with van der Waals surface area (Å²) in [5, 5.41) is 0. The van der Waals surface area contributed by atoms with E-state index in [-0.39, 0.29) is 75.2 Å². The molecule has 1 unspecified atom stereocenters. The standard InChI is InChI=1S/C24H25O10P.Na/c1-28-17-13-18(29-2)22(19(14-17)30-3)23(25)15-11-20(31-4)24(21(12-15)32-5)34-35(26,27)33-16-9-7-6-8-10-16;/h6-14H,1-5H3,(H,26,27);/q;+1/p-1. The van der Waals surface area contributed by atoms with Gasteiger partial charge in [0.1, 0.15) is 28.6 Å². The molecule has 0 heterocycles. The van der Waals surface area contributed by atoms with Gasteiger partial charge in [0.15, 0.2) is 11.5 Å². The molecule has 0 fully saturated rings. The molecule has 3 aromatic rings. The molecule has 0 saturated heterocycles. The van der Waals surface area contributed by atoms with E-state index in [0.717, 1.165) is 0 Å². The molecule has 36 heavy (non-hydrogen) atoms. The first kappa shape index (κ1) is 29.4. The predicted octanol–water partition coefficient (Wildman–Crippen LogP) is 0.891. The van der Waals surface area contributed by atoms with Crippen LogP contribution in [0.25, 0.3) is 0 Å². The number of carbonyl (C=O) groups excluding carboxylic acids is 1. The van der Waals surface area contributed by atoms with Crippen LogP contribution in [0, 0.1) is 0 Å². The maximum absolute atomic E-state index is 13.5. The molecule has 3 aromatic carbocycles. The average Bonchev–Trinajstić information content (AvgIpc) is 2.87. The van der Waals surface area contributed by atoms with E-state index in [4.69, 9.17) is 32.7 Å². The molecule has 0 aromatic heterocycles. The Morgan fingerprint density at radius 1 is 0.694 bits per heavy atom. The zero-order chi connectivity index (χ0) is 25.6. The number of carbonyl (C=O) groups is 1. The molecule has 186 valence electrons. The van der Waals surface area contributed by atoms with Crippen molar-refractivity contribution in [1.82, 2.24) is 0 Å². The molecular formula is C24H24NaO10P. The summed E-state index contributed by atoms with van der Waals surface area (Å²) in [5.74, 6) is -0.0221. The average molecular weight is 526 g/mol. The van der Waals surface area contributed by atoms with Crippen LogP contribution in [0.15, 0.2) is 54.6 Å². The number of rotatable bonds is 11. The summed E-state index contributed by atoms with van der Waals surface area (Å²) in [7, 11) is 1.96. The summed E-state index contributed by atoms with van der Waals surface area (Å²) >= 11 is 0. The van der Waals surface area contributed by atoms with Crippen LogP contribution >= 0.6 is 7.82 Å². The van der Waals surface area contributed by atoms with E-state index >= 15 is 0 Å². The SMILES string of the molecule is COc1cc(OC)c(C(=O)c2cc(OC)c(OP(=O)([O-])Oc3ccccc3)c(OC)c2)c(OC)c1.[Na+]. The molecule has 0 saturated carbocycles. The van der Waals surface area contributed by atoms with Crippen LogP contribution in [0.1, 0.15) is 15.9 Å². The predicted molar refractivity (Wildman–Crippen MR) is 124 cm³/mol. The molecule has 0 bridgehead atoms. The van der Waals surface area contributed by atoms with Crippen molar-refractivity contribution in [1.29, 1.82) is 0 Å². The van der Waals surface area contributed by atoms with Gasteiger partial charge in [-0.3, -0.25) is 4.79 Å². The third-order valence-electron chi connectivity index (χ3n) is 4.83. The van der Waals surface area contributed by atoms with E-state index in [1.807, 2.05) is 0 Å². The molecule has 0 radical (unpaired) electrons. The van der Waals surface area contributed by atoms with Crippen LogP contribution < -0.4 is 67.2 Å². The Bertz CT molecular complexity index is 1200. The van der Waals surface area contributed by atoms with E-state index in [0.29, 0.717) is 5.75 Å². The number of methoxy groups -OCH3 is 5. The van der Waals surface area contributed by atoms with Crippen molar-refractivity contribution in [2.45, 2.75) is 0 Å². The molecule has 0 amide bonds. The molecule has 12 heteroatoms.